The molecule has 0 bridgehead atoms. The lowest BCUT2D eigenvalue weighted by molar-refractivity contribution is -0.179. The Morgan fingerprint density at radius 1 is 0.829 bits per heavy atom. The van der Waals surface area contributed by atoms with E-state index in [0.717, 1.165) is 11.1 Å². The predicted molar refractivity (Wildman–Crippen MR) is 150 cm³/mol. The van der Waals surface area contributed by atoms with Crippen LogP contribution in [0.1, 0.15) is 43.2 Å². The van der Waals surface area contributed by atoms with Gasteiger partial charge >= 0.3 is 17.9 Å². The molecule has 9 heteroatoms. The van der Waals surface area contributed by atoms with Crippen LogP contribution in [0.25, 0.3) is 0 Å². The van der Waals surface area contributed by atoms with E-state index < -0.39 is 47.7 Å². The minimum Gasteiger partial charge on any atom is -0.480 e. The number of para-hydroxylation sites is 1. The van der Waals surface area contributed by atoms with E-state index in [1.54, 1.807) is 6.92 Å². The molecule has 0 saturated heterocycles. The fourth-order valence-electron chi connectivity index (χ4n) is 5.48. The van der Waals surface area contributed by atoms with Gasteiger partial charge in [-0.15, -0.1) is 0 Å². The molecule has 2 unspecified atom stereocenters. The van der Waals surface area contributed by atoms with Crippen LogP contribution in [0.3, 0.4) is 0 Å². The fraction of sp³-hybridized carbons (Fsp3) is 0.312. The summed E-state index contributed by atoms with van der Waals surface area (Å²) in [6, 6.07) is 26.0. The Hall–Kier alpha value is -4.66. The number of amides is 1. The van der Waals surface area contributed by atoms with E-state index in [0.29, 0.717) is 24.3 Å². The van der Waals surface area contributed by atoms with Crippen LogP contribution in [0.4, 0.5) is 0 Å². The molecule has 1 aliphatic rings. The number of aryl methyl sites for hydroxylation is 1. The minimum absolute atomic E-state index is 0.270. The molecular weight excluding hydrogens is 526 g/mol. The maximum atomic E-state index is 13.6. The Morgan fingerprint density at radius 2 is 1.37 bits per heavy atom. The largest absolute Gasteiger partial charge is 0.480 e. The van der Waals surface area contributed by atoms with Crippen molar-refractivity contribution in [1.29, 1.82) is 0 Å². The van der Waals surface area contributed by atoms with Crippen molar-refractivity contribution < 1.29 is 39.2 Å². The third kappa shape index (κ3) is 6.74. The lowest BCUT2D eigenvalue weighted by atomic mass is 9.61. The van der Waals surface area contributed by atoms with E-state index in [9.17, 15) is 34.5 Å². The minimum atomic E-state index is -2.03. The number of hydrogen-bond acceptors (Lipinski definition) is 5. The third-order valence-corrected chi connectivity index (χ3v) is 7.89. The fourth-order valence-corrected chi connectivity index (χ4v) is 5.48. The van der Waals surface area contributed by atoms with Crippen molar-refractivity contribution in [3.05, 3.63) is 96.1 Å². The predicted octanol–water partition coefficient (Wildman–Crippen LogP) is 5.06. The number of rotatable bonds is 13. The van der Waals surface area contributed by atoms with Crippen LogP contribution in [0.5, 0.6) is 11.5 Å². The van der Waals surface area contributed by atoms with Crippen molar-refractivity contribution in [3.8, 4) is 11.5 Å². The highest BCUT2D eigenvalue weighted by atomic mass is 16.5. The first-order valence-corrected chi connectivity index (χ1v) is 13.5. The second kappa shape index (κ2) is 12.7. The summed E-state index contributed by atoms with van der Waals surface area (Å²) < 4.78 is 5.91. The summed E-state index contributed by atoms with van der Waals surface area (Å²) in [5.41, 5.74) is -0.0488. The molecule has 4 rings (SSSR count). The Balaban J connectivity index is 1.59. The highest BCUT2D eigenvalue weighted by molar-refractivity contribution is 6.01. The molecule has 1 amide bonds. The molecule has 0 spiro atoms. The Labute approximate surface area is 238 Å². The average molecular weight is 560 g/mol. The van der Waals surface area contributed by atoms with Gasteiger partial charge in [0.1, 0.15) is 18.0 Å². The van der Waals surface area contributed by atoms with Gasteiger partial charge in [0.05, 0.1) is 0 Å². The number of hydrogen-bond donors (Lipinski definition) is 3. The molecule has 0 heterocycles. The van der Waals surface area contributed by atoms with Crippen molar-refractivity contribution in [2.75, 3.05) is 6.54 Å². The zero-order valence-electron chi connectivity index (χ0n) is 22.7. The quantitative estimate of drug-likeness (QED) is 0.247. The van der Waals surface area contributed by atoms with Crippen molar-refractivity contribution >= 4 is 23.8 Å². The molecule has 3 N–H and O–H groups in total. The normalized spacial score (nSPS) is 15.6. The molecule has 0 aromatic heterocycles. The zero-order chi connectivity index (χ0) is 29.6. The second-order valence-corrected chi connectivity index (χ2v) is 10.5. The van der Waals surface area contributed by atoms with Crippen LogP contribution < -0.4 is 4.74 Å². The first-order valence-electron chi connectivity index (χ1n) is 13.5. The third-order valence-electron chi connectivity index (χ3n) is 7.89. The standard InChI is InChI=1S/C32H33NO8/c1-21(33(20-28(34)35)29(36)24-18-32(19-24,30(37)38)31(39)40)27(17-12-22-8-4-2-5-9-22)23-13-15-26(16-14-23)41-25-10-6-3-7-11-25/h2-11,13-16,21,24,27H,12,17-20H2,1H3,(H,34,35)(H,37,38)(H,39,40). The van der Waals surface area contributed by atoms with E-state index in [4.69, 9.17) is 4.74 Å². The van der Waals surface area contributed by atoms with Gasteiger partial charge in [-0.05, 0) is 68.0 Å². The Kier molecular flexibility index (Phi) is 9.07. The summed E-state index contributed by atoms with van der Waals surface area (Å²) in [6.07, 6.45) is 0.531. The highest BCUT2D eigenvalue weighted by Gasteiger charge is 2.59. The van der Waals surface area contributed by atoms with Gasteiger partial charge in [-0.3, -0.25) is 19.2 Å². The molecule has 1 saturated carbocycles. The van der Waals surface area contributed by atoms with Gasteiger partial charge in [-0.1, -0.05) is 60.7 Å². The molecular formula is C32H33NO8. The van der Waals surface area contributed by atoms with Gasteiger partial charge in [-0.25, -0.2) is 0 Å². The van der Waals surface area contributed by atoms with Crippen LogP contribution in [0.15, 0.2) is 84.9 Å². The number of carbonyl (C=O) groups excluding carboxylic acids is 1. The topological polar surface area (TPSA) is 141 Å². The first-order chi connectivity index (χ1) is 19.6. The lowest BCUT2D eigenvalue weighted by Crippen LogP contribution is -2.57. The van der Waals surface area contributed by atoms with Crippen LogP contribution >= 0.6 is 0 Å². The molecule has 214 valence electrons. The molecule has 3 aromatic carbocycles. The number of benzene rings is 3. The van der Waals surface area contributed by atoms with Crippen molar-refractivity contribution in [3.63, 3.8) is 0 Å². The van der Waals surface area contributed by atoms with Gasteiger partial charge in [-0.2, -0.15) is 0 Å². The number of carbonyl (C=O) groups is 4. The smallest absolute Gasteiger partial charge is 0.323 e. The van der Waals surface area contributed by atoms with Gasteiger partial charge in [0.2, 0.25) is 5.91 Å². The SMILES string of the molecule is CC(C(CCc1ccccc1)c1ccc(Oc2ccccc2)cc1)N(CC(=O)O)C(=O)C1CC(C(=O)O)(C(=O)O)C1. The summed E-state index contributed by atoms with van der Waals surface area (Å²) in [7, 11) is 0. The number of aliphatic carboxylic acids is 3. The number of ether oxygens (including phenoxy) is 1. The maximum absolute atomic E-state index is 13.6. The summed E-state index contributed by atoms with van der Waals surface area (Å²) in [4.78, 5) is 49.9. The van der Waals surface area contributed by atoms with Crippen LogP contribution in [0, 0.1) is 11.3 Å². The van der Waals surface area contributed by atoms with Crippen LogP contribution in [-0.4, -0.2) is 56.6 Å². The van der Waals surface area contributed by atoms with Crippen LogP contribution in [0.2, 0.25) is 0 Å². The molecule has 41 heavy (non-hydrogen) atoms. The second-order valence-electron chi connectivity index (χ2n) is 10.5. The summed E-state index contributed by atoms with van der Waals surface area (Å²) in [5, 5.41) is 28.6. The van der Waals surface area contributed by atoms with Gasteiger partial charge in [0.25, 0.3) is 0 Å². The molecule has 0 radical (unpaired) electrons. The number of nitrogens with zero attached hydrogens (tertiary/aromatic N) is 1. The van der Waals surface area contributed by atoms with Gasteiger partial charge < -0.3 is 25.0 Å². The van der Waals surface area contributed by atoms with E-state index in [2.05, 4.69) is 0 Å². The number of carboxylic acid groups (broad SMARTS) is 3. The summed E-state index contributed by atoms with van der Waals surface area (Å²) in [5.74, 6) is -4.59. The molecule has 1 aliphatic carbocycles. The van der Waals surface area contributed by atoms with E-state index in [1.165, 1.54) is 4.90 Å². The zero-order valence-corrected chi connectivity index (χ0v) is 22.7. The average Bonchev–Trinajstić information content (AvgIpc) is 2.92. The molecule has 1 fully saturated rings. The lowest BCUT2D eigenvalue weighted by Gasteiger charge is -2.44. The molecule has 0 aliphatic heterocycles. The van der Waals surface area contributed by atoms with E-state index in [1.807, 2.05) is 84.9 Å². The van der Waals surface area contributed by atoms with Crippen molar-refractivity contribution in [2.24, 2.45) is 11.3 Å². The van der Waals surface area contributed by atoms with Crippen molar-refractivity contribution in [2.45, 2.75) is 44.6 Å². The highest BCUT2D eigenvalue weighted by Crippen LogP contribution is 2.47. The van der Waals surface area contributed by atoms with Gasteiger partial charge in [0, 0.05) is 17.9 Å². The monoisotopic (exact) mass is 559 g/mol. The Morgan fingerprint density at radius 3 is 1.90 bits per heavy atom. The molecule has 2 atom stereocenters. The molecule has 3 aromatic rings. The van der Waals surface area contributed by atoms with Crippen LogP contribution in [-0.2, 0) is 25.6 Å². The Bertz CT molecular complexity index is 1350. The first kappa shape index (κ1) is 29.3. The van der Waals surface area contributed by atoms with E-state index in [-0.39, 0.29) is 18.8 Å². The number of carboxylic acids is 3. The summed E-state index contributed by atoms with van der Waals surface area (Å²) in [6.45, 7) is 1.20. The van der Waals surface area contributed by atoms with E-state index >= 15 is 0 Å². The van der Waals surface area contributed by atoms with Crippen molar-refractivity contribution in [1.82, 2.24) is 4.90 Å². The maximum Gasteiger partial charge on any atom is 0.323 e. The summed E-state index contributed by atoms with van der Waals surface area (Å²) >= 11 is 0. The molecule has 9 nitrogen and oxygen atoms in total. The van der Waals surface area contributed by atoms with Gasteiger partial charge in [0.15, 0.2) is 5.41 Å².